The molecule has 3 heteroatoms. The van der Waals surface area contributed by atoms with Gasteiger partial charge in [-0.2, -0.15) is 0 Å². The molecule has 1 aromatic carbocycles. The van der Waals surface area contributed by atoms with Gasteiger partial charge in [-0.05, 0) is 42.5 Å². The average Bonchev–Trinajstić information content (AvgIpc) is 2.88. The molecule has 0 bridgehead atoms. The van der Waals surface area contributed by atoms with Crippen molar-refractivity contribution >= 4 is 11.3 Å². The van der Waals surface area contributed by atoms with Gasteiger partial charge in [0.05, 0.1) is 11.5 Å². The van der Waals surface area contributed by atoms with Crippen LogP contribution < -0.4 is 4.74 Å². The molecule has 2 aromatic rings. The van der Waals surface area contributed by atoms with Crippen molar-refractivity contribution in [3.63, 3.8) is 0 Å². The van der Waals surface area contributed by atoms with Gasteiger partial charge in [0.25, 0.3) is 0 Å². The molecule has 1 aromatic heterocycles. The number of hydrogen-bond donors (Lipinski definition) is 1. The van der Waals surface area contributed by atoms with Gasteiger partial charge < -0.3 is 9.84 Å². The smallest absolute Gasteiger partial charge is 0.124 e. The molecule has 0 aliphatic carbocycles. The van der Waals surface area contributed by atoms with E-state index < -0.39 is 0 Å². The molecule has 0 aliphatic rings. The Balaban J connectivity index is 2.07. The van der Waals surface area contributed by atoms with Crippen LogP contribution in [0.2, 0.25) is 0 Å². The number of aliphatic hydroxyl groups excluding tert-OH is 1. The van der Waals surface area contributed by atoms with E-state index in [9.17, 15) is 0 Å². The first-order valence-corrected chi connectivity index (χ1v) is 7.45. The van der Waals surface area contributed by atoms with E-state index in [4.69, 9.17) is 9.84 Å². The fourth-order valence-corrected chi connectivity index (χ4v) is 2.54. The number of ether oxygens (including phenoxy) is 1. The number of thiophene rings is 1. The maximum Gasteiger partial charge on any atom is 0.124 e. The monoisotopic (exact) mass is 286 g/mol. The van der Waals surface area contributed by atoms with E-state index in [2.05, 4.69) is 31.8 Å². The first-order chi connectivity index (χ1) is 9.72. The van der Waals surface area contributed by atoms with Crippen molar-refractivity contribution in [3.8, 4) is 17.6 Å². The van der Waals surface area contributed by atoms with Gasteiger partial charge in [-0.1, -0.05) is 24.0 Å². The summed E-state index contributed by atoms with van der Waals surface area (Å²) in [5, 5.41) is 10.8. The molecule has 0 radical (unpaired) electrons. The summed E-state index contributed by atoms with van der Waals surface area (Å²) in [5.41, 5.74) is 3.40. The van der Waals surface area contributed by atoms with Crippen molar-refractivity contribution in [2.75, 3.05) is 6.61 Å². The van der Waals surface area contributed by atoms with Crippen LogP contribution >= 0.6 is 11.3 Å². The van der Waals surface area contributed by atoms with Gasteiger partial charge in [0.2, 0.25) is 0 Å². The van der Waals surface area contributed by atoms with E-state index in [1.165, 1.54) is 11.1 Å². The largest absolute Gasteiger partial charge is 0.488 e. The van der Waals surface area contributed by atoms with Crippen LogP contribution in [0.4, 0.5) is 0 Å². The third-order valence-electron chi connectivity index (χ3n) is 3.12. The SMILES string of the molecule is Cc1cccc(OCc2sccc2C#CCCO)c1C. The summed E-state index contributed by atoms with van der Waals surface area (Å²) in [4.78, 5) is 1.12. The molecule has 1 heterocycles. The Morgan fingerprint density at radius 3 is 2.90 bits per heavy atom. The molecule has 0 saturated heterocycles. The Morgan fingerprint density at radius 2 is 2.10 bits per heavy atom. The van der Waals surface area contributed by atoms with Crippen LogP contribution in [0.15, 0.2) is 29.6 Å². The third kappa shape index (κ3) is 3.63. The van der Waals surface area contributed by atoms with Gasteiger partial charge in [0.1, 0.15) is 12.4 Å². The highest BCUT2D eigenvalue weighted by Gasteiger charge is 2.05. The Hall–Kier alpha value is -1.76. The van der Waals surface area contributed by atoms with Crippen LogP contribution in [0.5, 0.6) is 5.75 Å². The molecule has 0 saturated carbocycles. The lowest BCUT2D eigenvalue weighted by Gasteiger charge is -2.10. The lowest BCUT2D eigenvalue weighted by Crippen LogP contribution is -1.97. The molecule has 2 nitrogen and oxygen atoms in total. The highest BCUT2D eigenvalue weighted by Crippen LogP contribution is 2.24. The summed E-state index contributed by atoms with van der Waals surface area (Å²) in [7, 11) is 0. The first kappa shape index (κ1) is 14.6. The minimum Gasteiger partial charge on any atom is -0.488 e. The molecule has 0 unspecified atom stereocenters. The molecule has 1 N–H and O–H groups in total. The van der Waals surface area contributed by atoms with Crippen LogP contribution in [0, 0.1) is 25.7 Å². The molecule has 0 aliphatic heterocycles. The molecule has 0 fully saturated rings. The van der Waals surface area contributed by atoms with Gasteiger partial charge in [-0.3, -0.25) is 0 Å². The molecule has 0 amide bonds. The Labute approximate surface area is 124 Å². The topological polar surface area (TPSA) is 29.5 Å². The van der Waals surface area contributed by atoms with E-state index in [-0.39, 0.29) is 6.61 Å². The molecule has 0 atom stereocenters. The van der Waals surface area contributed by atoms with Crippen molar-refractivity contribution in [2.45, 2.75) is 26.9 Å². The Morgan fingerprint density at radius 1 is 1.25 bits per heavy atom. The summed E-state index contributed by atoms with van der Waals surface area (Å²) < 4.78 is 5.90. The number of aryl methyl sites for hydroxylation is 1. The number of hydrogen-bond acceptors (Lipinski definition) is 3. The van der Waals surface area contributed by atoms with Gasteiger partial charge >= 0.3 is 0 Å². The Bertz CT molecular complexity index is 632. The van der Waals surface area contributed by atoms with Crippen molar-refractivity contribution in [1.29, 1.82) is 0 Å². The third-order valence-corrected chi connectivity index (χ3v) is 4.01. The second-order valence-electron chi connectivity index (χ2n) is 4.52. The molecule has 104 valence electrons. The van der Waals surface area contributed by atoms with Gasteiger partial charge in [0, 0.05) is 12.0 Å². The predicted octanol–water partition coefficient (Wildman–Crippen LogP) is 3.68. The minimum atomic E-state index is 0.103. The van der Waals surface area contributed by atoms with Crippen LogP contribution in [-0.2, 0) is 6.61 Å². The summed E-state index contributed by atoms with van der Waals surface area (Å²) >= 11 is 1.65. The highest BCUT2D eigenvalue weighted by atomic mass is 32.1. The first-order valence-electron chi connectivity index (χ1n) is 6.57. The lowest BCUT2D eigenvalue weighted by molar-refractivity contribution is 0.305. The molecule has 2 rings (SSSR count). The number of rotatable bonds is 4. The lowest BCUT2D eigenvalue weighted by atomic mass is 10.1. The van der Waals surface area contributed by atoms with Crippen LogP contribution in [0.3, 0.4) is 0 Å². The van der Waals surface area contributed by atoms with E-state index in [0.717, 1.165) is 16.2 Å². The number of benzene rings is 1. The normalized spacial score (nSPS) is 9.95. The highest BCUT2D eigenvalue weighted by molar-refractivity contribution is 7.10. The molecular weight excluding hydrogens is 268 g/mol. The summed E-state index contributed by atoms with van der Waals surface area (Å²) in [5.74, 6) is 6.95. The van der Waals surface area contributed by atoms with Gasteiger partial charge in [0.15, 0.2) is 0 Å². The second kappa shape index (κ2) is 7.14. The minimum absolute atomic E-state index is 0.103. The van der Waals surface area contributed by atoms with E-state index in [1.807, 2.05) is 23.6 Å². The van der Waals surface area contributed by atoms with Crippen molar-refractivity contribution < 1.29 is 9.84 Å². The van der Waals surface area contributed by atoms with E-state index >= 15 is 0 Å². The van der Waals surface area contributed by atoms with E-state index in [1.54, 1.807) is 11.3 Å². The number of aliphatic hydroxyl groups is 1. The second-order valence-corrected chi connectivity index (χ2v) is 5.52. The fourth-order valence-electron chi connectivity index (χ4n) is 1.80. The molecular formula is C17H18O2S. The van der Waals surface area contributed by atoms with Crippen LogP contribution in [0.1, 0.15) is 28.0 Å². The van der Waals surface area contributed by atoms with Gasteiger partial charge in [-0.25, -0.2) is 0 Å². The summed E-state index contributed by atoms with van der Waals surface area (Å²) in [6, 6.07) is 8.08. The molecule has 20 heavy (non-hydrogen) atoms. The quantitative estimate of drug-likeness (QED) is 0.869. The van der Waals surface area contributed by atoms with Gasteiger partial charge in [-0.15, -0.1) is 11.3 Å². The summed E-state index contributed by atoms with van der Waals surface area (Å²) in [6.45, 7) is 4.79. The van der Waals surface area contributed by atoms with Crippen LogP contribution in [-0.4, -0.2) is 11.7 Å². The fraction of sp³-hybridized carbons (Fsp3) is 0.294. The standard InChI is InChI=1S/C17H18O2S/c1-13-6-5-8-16(14(13)2)19-12-17-15(9-11-20-17)7-3-4-10-18/h5-6,8-9,11,18H,4,10,12H2,1-2H3. The van der Waals surface area contributed by atoms with Crippen LogP contribution in [0.25, 0.3) is 0 Å². The van der Waals surface area contributed by atoms with Crippen molar-refractivity contribution in [3.05, 3.63) is 51.2 Å². The molecule has 0 spiro atoms. The zero-order valence-corrected chi connectivity index (χ0v) is 12.6. The van der Waals surface area contributed by atoms with E-state index in [0.29, 0.717) is 13.0 Å². The maximum atomic E-state index is 8.75. The maximum absolute atomic E-state index is 8.75. The zero-order valence-electron chi connectivity index (χ0n) is 11.8. The predicted molar refractivity (Wildman–Crippen MR) is 83.1 cm³/mol. The van der Waals surface area contributed by atoms with Crippen molar-refractivity contribution in [2.24, 2.45) is 0 Å². The van der Waals surface area contributed by atoms with Crippen molar-refractivity contribution in [1.82, 2.24) is 0 Å². The average molecular weight is 286 g/mol. The zero-order chi connectivity index (χ0) is 14.4. The summed E-state index contributed by atoms with van der Waals surface area (Å²) in [6.07, 6.45) is 0.507. The Kier molecular flexibility index (Phi) is 5.23.